The third kappa shape index (κ3) is 4.87. The lowest BCUT2D eigenvalue weighted by Crippen LogP contribution is -2.44. The number of likely N-dealkylation sites (tertiary alicyclic amines) is 1. The first-order chi connectivity index (χ1) is 9.74. The predicted molar refractivity (Wildman–Crippen MR) is 85.3 cm³/mol. The van der Waals surface area contributed by atoms with E-state index in [9.17, 15) is 4.79 Å². The molecule has 0 radical (unpaired) electrons. The molecule has 0 aromatic heterocycles. The summed E-state index contributed by atoms with van der Waals surface area (Å²) in [4.78, 5) is 13.9. The lowest BCUT2D eigenvalue weighted by Gasteiger charge is -2.34. The van der Waals surface area contributed by atoms with E-state index >= 15 is 0 Å². The topological polar surface area (TPSA) is 41.6 Å². The molecule has 2 fully saturated rings. The molecule has 4 unspecified atom stereocenters. The average Bonchev–Trinajstić information content (AvgIpc) is 2.80. The standard InChI is InChI=1S/C17H32N2O2/c1-12-6-7-14(10-13(12)2)18-15-8-9-19(11-15)16(20)21-17(3,4)5/h12-15,18H,6-11H2,1-5H3. The molecule has 4 nitrogen and oxygen atoms in total. The summed E-state index contributed by atoms with van der Waals surface area (Å²) in [7, 11) is 0. The molecule has 0 aromatic carbocycles. The first-order valence-corrected chi connectivity index (χ1v) is 8.48. The third-order valence-corrected chi connectivity index (χ3v) is 4.91. The van der Waals surface area contributed by atoms with Gasteiger partial charge in [0.05, 0.1) is 0 Å². The number of rotatable bonds is 2. The Morgan fingerprint density at radius 3 is 2.43 bits per heavy atom. The Morgan fingerprint density at radius 1 is 1.10 bits per heavy atom. The zero-order valence-corrected chi connectivity index (χ0v) is 14.3. The lowest BCUT2D eigenvalue weighted by atomic mass is 9.79. The molecule has 1 saturated heterocycles. The highest BCUT2D eigenvalue weighted by molar-refractivity contribution is 5.68. The van der Waals surface area contributed by atoms with Gasteiger partial charge in [0.1, 0.15) is 5.60 Å². The van der Waals surface area contributed by atoms with Crippen molar-refractivity contribution in [1.29, 1.82) is 0 Å². The largest absolute Gasteiger partial charge is 0.444 e. The van der Waals surface area contributed by atoms with Gasteiger partial charge in [-0.25, -0.2) is 4.79 Å². The normalized spacial score (nSPS) is 34.0. The van der Waals surface area contributed by atoms with E-state index in [-0.39, 0.29) is 6.09 Å². The Bertz CT molecular complexity index is 364. The van der Waals surface area contributed by atoms with Crippen molar-refractivity contribution in [2.45, 2.75) is 78.0 Å². The fourth-order valence-corrected chi connectivity index (χ4v) is 3.42. The number of nitrogens with zero attached hydrogens (tertiary/aromatic N) is 1. The Morgan fingerprint density at radius 2 is 1.81 bits per heavy atom. The van der Waals surface area contributed by atoms with Crippen LogP contribution in [0.2, 0.25) is 0 Å². The van der Waals surface area contributed by atoms with Crippen LogP contribution in [0.1, 0.15) is 60.3 Å². The fraction of sp³-hybridized carbons (Fsp3) is 0.941. The maximum Gasteiger partial charge on any atom is 0.410 e. The van der Waals surface area contributed by atoms with Gasteiger partial charge in [0, 0.05) is 25.2 Å². The van der Waals surface area contributed by atoms with Gasteiger partial charge in [0.25, 0.3) is 0 Å². The molecule has 1 amide bonds. The molecule has 0 spiro atoms. The van der Waals surface area contributed by atoms with Gasteiger partial charge in [0.2, 0.25) is 0 Å². The fourth-order valence-electron chi connectivity index (χ4n) is 3.42. The molecule has 4 heteroatoms. The molecule has 1 aliphatic carbocycles. The zero-order chi connectivity index (χ0) is 15.6. The SMILES string of the molecule is CC1CCC(NC2CCN(C(=O)OC(C)(C)C)C2)CC1C. The van der Waals surface area contributed by atoms with Crippen LogP contribution in [0.25, 0.3) is 0 Å². The number of ether oxygens (including phenoxy) is 1. The molecule has 122 valence electrons. The van der Waals surface area contributed by atoms with Crippen molar-refractivity contribution in [3.63, 3.8) is 0 Å². The van der Waals surface area contributed by atoms with Crippen LogP contribution in [0.3, 0.4) is 0 Å². The number of hydrogen-bond donors (Lipinski definition) is 1. The second kappa shape index (κ2) is 6.55. The minimum absolute atomic E-state index is 0.169. The number of carbonyl (C=O) groups is 1. The second-order valence-corrected chi connectivity index (χ2v) is 8.04. The number of nitrogens with one attached hydrogen (secondary N) is 1. The van der Waals surface area contributed by atoms with Crippen LogP contribution in [0.15, 0.2) is 0 Å². The van der Waals surface area contributed by atoms with Gasteiger partial charge in [0.15, 0.2) is 0 Å². The van der Waals surface area contributed by atoms with Crippen LogP contribution < -0.4 is 5.32 Å². The van der Waals surface area contributed by atoms with Crippen LogP contribution in [0, 0.1) is 11.8 Å². The quantitative estimate of drug-likeness (QED) is 0.849. The predicted octanol–water partition coefficient (Wildman–Crippen LogP) is 3.41. The first kappa shape index (κ1) is 16.6. The first-order valence-electron chi connectivity index (χ1n) is 8.48. The number of hydrogen-bond acceptors (Lipinski definition) is 3. The van der Waals surface area contributed by atoms with E-state index in [0.29, 0.717) is 12.1 Å². The van der Waals surface area contributed by atoms with Crippen LogP contribution in [-0.4, -0.2) is 41.8 Å². The van der Waals surface area contributed by atoms with Gasteiger partial charge in [-0.2, -0.15) is 0 Å². The molecular weight excluding hydrogens is 264 g/mol. The molecule has 21 heavy (non-hydrogen) atoms. The molecule has 0 bridgehead atoms. The van der Waals surface area contributed by atoms with Crippen molar-refractivity contribution in [3.8, 4) is 0 Å². The molecule has 2 aliphatic rings. The van der Waals surface area contributed by atoms with Crippen molar-refractivity contribution < 1.29 is 9.53 Å². The van der Waals surface area contributed by atoms with Crippen LogP contribution >= 0.6 is 0 Å². The van der Waals surface area contributed by atoms with Gasteiger partial charge in [-0.1, -0.05) is 13.8 Å². The minimum atomic E-state index is -0.405. The van der Waals surface area contributed by atoms with E-state index in [1.165, 1.54) is 19.3 Å². The number of carbonyl (C=O) groups excluding carboxylic acids is 1. The van der Waals surface area contributed by atoms with Gasteiger partial charge in [-0.05, 0) is 58.3 Å². The van der Waals surface area contributed by atoms with Gasteiger partial charge >= 0.3 is 6.09 Å². The monoisotopic (exact) mass is 296 g/mol. The summed E-state index contributed by atoms with van der Waals surface area (Å²) in [6.07, 6.45) is 4.73. The van der Waals surface area contributed by atoms with Crippen molar-refractivity contribution >= 4 is 6.09 Å². The Hall–Kier alpha value is -0.770. The van der Waals surface area contributed by atoms with Gasteiger partial charge in [-0.3, -0.25) is 0 Å². The summed E-state index contributed by atoms with van der Waals surface area (Å²) in [5, 5.41) is 3.77. The van der Waals surface area contributed by atoms with Crippen LogP contribution in [-0.2, 0) is 4.74 Å². The molecule has 1 aliphatic heterocycles. The van der Waals surface area contributed by atoms with E-state index < -0.39 is 5.60 Å². The van der Waals surface area contributed by atoms with E-state index in [1.54, 1.807) is 0 Å². The highest BCUT2D eigenvalue weighted by Crippen LogP contribution is 2.30. The highest BCUT2D eigenvalue weighted by atomic mass is 16.6. The average molecular weight is 296 g/mol. The molecule has 1 saturated carbocycles. The van der Waals surface area contributed by atoms with E-state index in [2.05, 4.69) is 19.2 Å². The summed E-state index contributed by atoms with van der Waals surface area (Å²) in [6.45, 7) is 12.1. The third-order valence-electron chi connectivity index (χ3n) is 4.91. The Labute approximate surface area is 129 Å². The van der Waals surface area contributed by atoms with Crippen molar-refractivity contribution in [3.05, 3.63) is 0 Å². The van der Waals surface area contributed by atoms with Gasteiger partial charge in [-0.15, -0.1) is 0 Å². The Kier molecular flexibility index (Phi) is 5.18. The molecule has 0 aromatic rings. The molecule has 1 N–H and O–H groups in total. The van der Waals surface area contributed by atoms with Crippen LogP contribution in [0.5, 0.6) is 0 Å². The molecule has 2 rings (SSSR count). The number of amides is 1. The van der Waals surface area contributed by atoms with Crippen molar-refractivity contribution in [2.24, 2.45) is 11.8 Å². The summed E-state index contributed by atoms with van der Waals surface area (Å²) >= 11 is 0. The van der Waals surface area contributed by atoms with Gasteiger partial charge < -0.3 is 15.0 Å². The summed E-state index contributed by atoms with van der Waals surface area (Å²) in [6, 6.07) is 1.06. The maximum absolute atomic E-state index is 12.1. The second-order valence-electron chi connectivity index (χ2n) is 8.04. The van der Waals surface area contributed by atoms with E-state index in [4.69, 9.17) is 4.74 Å². The van der Waals surface area contributed by atoms with Crippen molar-refractivity contribution in [1.82, 2.24) is 10.2 Å². The molecule has 1 heterocycles. The van der Waals surface area contributed by atoms with Crippen molar-refractivity contribution in [2.75, 3.05) is 13.1 Å². The smallest absolute Gasteiger partial charge is 0.410 e. The highest BCUT2D eigenvalue weighted by Gasteiger charge is 2.32. The molecule has 4 atom stereocenters. The minimum Gasteiger partial charge on any atom is -0.444 e. The summed E-state index contributed by atoms with van der Waals surface area (Å²) in [5.74, 6) is 1.66. The zero-order valence-electron chi connectivity index (χ0n) is 14.3. The maximum atomic E-state index is 12.1. The summed E-state index contributed by atoms with van der Waals surface area (Å²) in [5.41, 5.74) is -0.405. The molecular formula is C17H32N2O2. The van der Waals surface area contributed by atoms with E-state index in [1.807, 2.05) is 25.7 Å². The summed E-state index contributed by atoms with van der Waals surface area (Å²) < 4.78 is 5.45. The van der Waals surface area contributed by atoms with Crippen LogP contribution in [0.4, 0.5) is 4.79 Å². The van der Waals surface area contributed by atoms with E-state index in [0.717, 1.165) is 31.3 Å². The lowest BCUT2D eigenvalue weighted by molar-refractivity contribution is 0.0289. The Balaban J connectivity index is 1.76.